The molecule has 5 nitrogen and oxygen atoms in total. The van der Waals surface area contributed by atoms with Gasteiger partial charge in [-0.1, -0.05) is 12.1 Å². The number of carbonyl (C=O) groups excluding carboxylic acids is 1. The first-order valence-electron chi connectivity index (χ1n) is 6.44. The van der Waals surface area contributed by atoms with Gasteiger partial charge in [0.15, 0.2) is 0 Å². The van der Waals surface area contributed by atoms with E-state index in [0.717, 1.165) is 24.9 Å². The lowest BCUT2D eigenvalue weighted by atomic mass is 10.1. The number of carbonyl (C=O) groups is 2. The van der Waals surface area contributed by atoms with Crippen molar-refractivity contribution >= 4 is 12.0 Å². The molecule has 0 spiro atoms. The van der Waals surface area contributed by atoms with Gasteiger partial charge in [-0.15, -0.1) is 0 Å². The number of carboxylic acid groups (broad SMARTS) is 1. The average Bonchev–Trinajstić information content (AvgIpc) is 2.83. The molecule has 1 aliphatic heterocycles. The molecule has 19 heavy (non-hydrogen) atoms. The van der Waals surface area contributed by atoms with E-state index in [1.54, 1.807) is 24.3 Å². The van der Waals surface area contributed by atoms with Gasteiger partial charge in [-0.2, -0.15) is 0 Å². The van der Waals surface area contributed by atoms with Crippen molar-refractivity contribution < 1.29 is 14.7 Å². The minimum absolute atomic E-state index is 0.0488. The van der Waals surface area contributed by atoms with Crippen molar-refractivity contribution in [3.63, 3.8) is 0 Å². The first-order chi connectivity index (χ1) is 9.08. The first kappa shape index (κ1) is 13.4. The van der Waals surface area contributed by atoms with Crippen LogP contribution in [0.25, 0.3) is 0 Å². The van der Waals surface area contributed by atoms with Crippen LogP contribution >= 0.6 is 0 Å². The van der Waals surface area contributed by atoms with Crippen LogP contribution in [-0.2, 0) is 6.54 Å². The molecule has 2 N–H and O–H groups in total. The molecular formula is C14H18N2O3. The molecule has 1 heterocycles. The quantitative estimate of drug-likeness (QED) is 0.876. The van der Waals surface area contributed by atoms with Gasteiger partial charge in [0.2, 0.25) is 0 Å². The van der Waals surface area contributed by atoms with E-state index >= 15 is 0 Å². The number of benzene rings is 1. The van der Waals surface area contributed by atoms with Gasteiger partial charge >= 0.3 is 12.0 Å². The minimum atomic E-state index is -0.943. The van der Waals surface area contributed by atoms with E-state index in [1.165, 1.54) is 0 Å². The molecule has 0 bridgehead atoms. The number of hydrogen-bond donors (Lipinski definition) is 2. The Morgan fingerprint density at radius 1 is 1.37 bits per heavy atom. The molecule has 1 saturated heterocycles. The molecular weight excluding hydrogens is 244 g/mol. The molecule has 1 aromatic rings. The van der Waals surface area contributed by atoms with E-state index in [9.17, 15) is 9.59 Å². The van der Waals surface area contributed by atoms with Crippen LogP contribution in [0.2, 0.25) is 0 Å². The molecule has 1 fully saturated rings. The Kier molecular flexibility index (Phi) is 4.04. The number of amides is 2. The van der Waals surface area contributed by atoms with Gasteiger partial charge in [0.1, 0.15) is 0 Å². The van der Waals surface area contributed by atoms with Crippen LogP contribution in [0, 0.1) is 0 Å². The van der Waals surface area contributed by atoms with Crippen molar-refractivity contribution in [1.29, 1.82) is 0 Å². The molecule has 0 saturated carbocycles. The summed E-state index contributed by atoms with van der Waals surface area (Å²) in [6.45, 7) is 3.28. The van der Waals surface area contributed by atoms with E-state index in [0.29, 0.717) is 12.6 Å². The summed E-state index contributed by atoms with van der Waals surface area (Å²) in [5, 5.41) is 11.6. The standard InChI is InChI=1S/C14H18N2O3/c1-10-3-2-8-16(10)14(19)15-9-11-4-6-12(7-5-11)13(17)18/h4-7,10H,2-3,8-9H2,1H3,(H,15,19)(H,17,18). The number of urea groups is 1. The van der Waals surface area contributed by atoms with Gasteiger partial charge in [-0.3, -0.25) is 0 Å². The minimum Gasteiger partial charge on any atom is -0.478 e. The molecule has 1 aromatic carbocycles. The number of rotatable bonds is 3. The lowest BCUT2D eigenvalue weighted by molar-refractivity contribution is 0.0697. The van der Waals surface area contributed by atoms with E-state index in [1.807, 2.05) is 11.8 Å². The lowest BCUT2D eigenvalue weighted by Crippen LogP contribution is -2.41. The molecule has 102 valence electrons. The summed E-state index contributed by atoms with van der Waals surface area (Å²) in [5.74, 6) is -0.943. The Labute approximate surface area is 112 Å². The third kappa shape index (κ3) is 3.24. The predicted octanol–water partition coefficient (Wildman–Crippen LogP) is 2.08. The predicted molar refractivity (Wildman–Crippen MR) is 71.0 cm³/mol. The van der Waals surface area contributed by atoms with E-state index in [-0.39, 0.29) is 11.6 Å². The molecule has 0 radical (unpaired) electrons. The summed E-state index contributed by atoms with van der Waals surface area (Å²) >= 11 is 0. The van der Waals surface area contributed by atoms with Gasteiger partial charge in [-0.25, -0.2) is 9.59 Å². The Bertz CT molecular complexity index is 470. The zero-order chi connectivity index (χ0) is 13.8. The Morgan fingerprint density at radius 2 is 2.05 bits per heavy atom. The number of carboxylic acids is 1. The van der Waals surface area contributed by atoms with Crippen molar-refractivity contribution in [2.45, 2.75) is 32.4 Å². The van der Waals surface area contributed by atoms with Crippen molar-refractivity contribution in [1.82, 2.24) is 10.2 Å². The fourth-order valence-electron chi connectivity index (χ4n) is 2.28. The number of likely N-dealkylation sites (tertiary alicyclic amines) is 1. The Balaban J connectivity index is 1.88. The molecule has 2 amide bonds. The molecule has 0 aliphatic carbocycles. The second-order valence-corrected chi connectivity index (χ2v) is 4.85. The Morgan fingerprint density at radius 3 is 2.58 bits per heavy atom. The highest BCUT2D eigenvalue weighted by atomic mass is 16.4. The molecule has 0 aromatic heterocycles. The topological polar surface area (TPSA) is 69.6 Å². The Hall–Kier alpha value is -2.04. The van der Waals surface area contributed by atoms with Gasteiger partial charge in [-0.05, 0) is 37.5 Å². The van der Waals surface area contributed by atoms with Crippen LogP contribution in [-0.4, -0.2) is 34.6 Å². The number of hydrogen-bond acceptors (Lipinski definition) is 2. The largest absolute Gasteiger partial charge is 0.478 e. The molecule has 1 atom stereocenters. The highest BCUT2D eigenvalue weighted by Gasteiger charge is 2.24. The normalized spacial score (nSPS) is 18.4. The van der Waals surface area contributed by atoms with Crippen LogP contribution in [0.4, 0.5) is 4.79 Å². The van der Waals surface area contributed by atoms with Crippen molar-refractivity contribution in [3.8, 4) is 0 Å². The van der Waals surface area contributed by atoms with Crippen LogP contribution < -0.4 is 5.32 Å². The first-order valence-corrected chi connectivity index (χ1v) is 6.44. The highest BCUT2D eigenvalue weighted by molar-refractivity contribution is 5.87. The SMILES string of the molecule is CC1CCCN1C(=O)NCc1ccc(C(=O)O)cc1. The van der Waals surface area contributed by atoms with Crippen LogP contribution in [0.15, 0.2) is 24.3 Å². The van der Waals surface area contributed by atoms with E-state index < -0.39 is 5.97 Å². The summed E-state index contributed by atoms with van der Waals surface area (Å²) in [4.78, 5) is 24.5. The smallest absolute Gasteiger partial charge is 0.335 e. The number of nitrogens with zero attached hydrogens (tertiary/aromatic N) is 1. The summed E-state index contributed by atoms with van der Waals surface area (Å²) in [7, 11) is 0. The summed E-state index contributed by atoms with van der Waals surface area (Å²) in [5.41, 5.74) is 1.15. The highest BCUT2D eigenvalue weighted by Crippen LogP contribution is 2.16. The lowest BCUT2D eigenvalue weighted by Gasteiger charge is -2.21. The second kappa shape index (κ2) is 5.73. The van der Waals surface area contributed by atoms with E-state index in [2.05, 4.69) is 5.32 Å². The fraction of sp³-hybridized carbons (Fsp3) is 0.429. The maximum absolute atomic E-state index is 11.9. The number of nitrogens with one attached hydrogen (secondary N) is 1. The van der Waals surface area contributed by atoms with Crippen LogP contribution in [0.5, 0.6) is 0 Å². The van der Waals surface area contributed by atoms with Gasteiger partial charge in [0.05, 0.1) is 5.56 Å². The zero-order valence-electron chi connectivity index (χ0n) is 10.9. The van der Waals surface area contributed by atoms with Gasteiger partial charge < -0.3 is 15.3 Å². The van der Waals surface area contributed by atoms with Crippen LogP contribution in [0.1, 0.15) is 35.7 Å². The maximum Gasteiger partial charge on any atom is 0.335 e. The fourth-order valence-corrected chi connectivity index (χ4v) is 2.28. The third-order valence-electron chi connectivity index (χ3n) is 3.46. The average molecular weight is 262 g/mol. The van der Waals surface area contributed by atoms with Crippen molar-refractivity contribution in [2.75, 3.05) is 6.54 Å². The molecule has 1 unspecified atom stereocenters. The monoisotopic (exact) mass is 262 g/mol. The van der Waals surface area contributed by atoms with Gasteiger partial charge in [0.25, 0.3) is 0 Å². The zero-order valence-corrected chi connectivity index (χ0v) is 10.9. The summed E-state index contributed by atoms with van der Waals surface area (Å²) in [6.07, 6.45) is 2.11. The van der Waals surface area contributed by atoms with Crippen molar-refractivity contribution in [3.05, 3.63) is 35.4 Å². The maximum atomic E-state index is 11.9. The third-order valence-corrected chi connectivity index (χ3v) is 3.46. The van der Waals surface area contributed by atoms with Crippen LogP contribution in [0.3, 0.4) is 0 Å². The van der Waals surface area contributed by atoms with Gasteiger partial charge in [0, 0.05) is 19.1 Å². The van der Waals surface area contributed by atoms with Crippen molar-refractivity contribution in [2.24, 2.45) is 0 Å². The number of aromatic carboxylic acids is 1. The summed E-state index contributed by atoms with van der Waals surface area (Å²) in [6, 6.07) is 6.78. The van der Waals surface area contributed by atoms with E-state index in [4.69, 9.17) is 5.11 Å². The molecule has 5 heteroatoms. The molecule has 1 aliphatic rings. The molecule has 2 rings (SSSR count). The summed E-state index contributed by atoms with van der Waals surface area (Å²) < 4.78 is 0. The second-order valence-electron chi connectivity index (χ2n) is 4.85.